The lowest BCUT2D eigenvalue weighted by Gasteiger charge is -2.28. The van der Waals surface area contributed by atoms with Gasteiger partial charge in [0.05, 0.1) is 6.10 Å². The van der Waals surface area contributed by atoms with E-state index in [0.29, 0.717) is 18.9 Å². The monoisotopic (exact) mass is 287 g/mol. The summed E-state index contributed by atoms with van der Waals surface area (Å²) in [5, 5.41) is 25.3. The number of nitrogens with one attached hydrogen (secondary N) is 1. The van der Waals surface area contributed by atoms with Crippen LogP contribution in [0.4, 0.5) is 0 Å². The van der Waals surface area contributed by atoms with E-state index in [4.69, 9.17) is 5.11 Å². The summed E-state index contributed by atoms with van der Waals surface area (Å²) in [5.41, 5.74) is 0.934. The summed E-state index contributed by atoms with van der Waals surface area (Å²) in [4.78, 5) is 0. The smallest absolute Gasteiger partial charge is 0.0945 e. The molecule has 2 unspecified atom stereocenters. The fourth-order valence-corrected chi connectivity index (χ4v) is 2.66. The van der Waals surface area contributed by atoms with Gasteiger partial charge in [-0.3, -0.25) is 0 Å². The van der Waals surface area contributed by atoms with Gasteiger partial charge in [-0.05, 0) is 41.3 Å². The molecule has 0 aliphatic heterocycles. The van der Waals surface area contributed by atoms with E-state index in [0.717, 1.165) is 10.9 Å². The number of aliphatic hydroxyl groups is 2. The summed E-state index contributed by atoms with van der Waals surface area (Å²) in [6, 6.07) is 14.3. The minimum Gasteiger partial charge on any atom is -0.396 e. The summed E-state index contributed by atoms with van der Waals surface area (Å²) in [7, 11) is 0. The number of rotatable bonds is 7. The van der Waals surface area contributed by atoms with Crippen molar-refractivity contribution < 1.29 is 10.2 Å². The van der Waals surface area contributed by atoms with Gasteiger partial charge in [0.2, 0.25) is 0 Å². The van der Waals surface area contributed by atoms with Crippen LogP contribution >= 0.6 is 0 Å². The summed E-state index contributed by atoms with van der Waals surface area (Å²) in [5.74, 6) is 0.310. The summed E-state index contributed by atoms with van der Waals surface area (Å²) < 4.78 is 0. The second kappa shape index (κ2) is 7.55. The van der Waals surface area contributed by atoms with Crippen molar-refractivity contribution in [1.29, 1.82) is 0 Å². The number of benzene rings is 2. The second-order valence-electron chi connectivity index (χ2n) is 5.85. The van der Waals surface area contributed by atoms with Gasteiger partial charge in [-0.25, -0.2) is 0 Å². The Bertz CT molecular complexity index is 568. The van der Waals surface area contributed by atoms with Crippen LogP contribution in [-0.4, -0.2) is 29.4 Å². The summed E-state index contributed by atoms with van der Waals surface area (Å²) in [6.45, 7) is 5.08. The van der Waals surface area contributed by atoms with E-state index in [1.807, 2.05) is 18.2 Å². The molecule has 0 amide bonds. The molecule has 0 bridgehead atoms. The molecule has 0 aromatic heterocycles. The third kappa shape index (κ3) is 4.03. The first-order chi connectivity index (χ1) is 10.1. The first-order valence-corrected chi connectivity index (χ1v) is 7.64. The molecule has 0 saturated heterocycles. The van der Waals surface area contributed by atoms with Gasteiger partial charge in [0, 0.05) is 12.6 Å². The lowest BCUT2D eigenvalue weighted by Crippen LogP contribution is -2.40. The third-order valence-corrected chi connectivity index (χ3v) is 3.89. The molecule has 0 fully saturated rings. The average Bonchev–Trinajstić information content (AvgIpc) is 2.50. The van der Waals surface area contributed by atoms with Crippen LogP contribution in [0.3, 0.4) is 0 Å². The van der Waals surface area contributed by atoms with Crippen molar-refractivity contribution in [3.63, 3.8) is 0 Å². The van der Waals surface area contributed by atoms with Crippen molar-refractivity contribution >= 4 is 10.8 Å². The van der Waals surface area contributed by atoms with Gasteiger partial charge in [0.15, 0.2) is 0 Å². The van der Waals surface area contributed by atoms with Crippen LogP contribution in [0.1, 0.15) is 31.9 Å². The second-order valence-corrected chi connectivity index (χ2v) is 5.85. The molecular weight excluding hydrogens is 262 g/mol. The Hall–Kier alpha value is -1.42. The van der Waals surface area contributed by atoms with E-state index in [2.05, 4.69) is 43.4 Å². The predicted octanol–water partition coefficient (Wildman–Crippen LogP) is 2.87. The van der Waals surface area contributed by atoms with Gasteiger partial charge in [0.1, 0.15) is 0 Å². The van der Waals surface area contributed by atoms with Crippen molar-refractivity contribution in [3.05, 3.63) is 48.0 Å². The van der Waals surface area contributed by atoms with Crippen LogP contribution in [0, 0.1) is 5.92 Å². The lowest BCUT2D eigenvalue weighted by atomic mass is 9.92. The molecule has 0 heterocycles. The topological polar surface area (TPSA) is 52.5 Å². The minimum atomic E-state index is -0.548. The molecule has 3 heteroatoms. The first kappa shape index (κ1) is 16.0. The molecule has 21 heavy (non-hydrogen) atoms. The molecule has 0 aliphatic rings. The molecule has 114 valence electrons. The van der Waals surface area contributed by atoms with E-state index in [-0.39, 0.29) is 12.6 Å². The first-order valence-electron chi connectivity index (χ1n) is 7.64. The zero-order valence-electron chi connectivity index (χ0n) is 12.8. The van der Waals surface area contributed by atoms with Crippen molar-refractivity contribution in [2.24, 2.45) is 5.92 Å². The fourth-order valence-electron chi connectivity index (χ4n) is 2.66. The largest absolute Gasteiger partial charge is 0.396 e. The highest BCUT2D eigenvalue weighted by molar-refractivity contribution is 5.83. The number of hydrogen-bond donors (Lipinski definition) is 3. The normalized spacial score (nSPS) is 14.5. The van der Waals surface area contributed by atoms with Gasteiger partial charge in [-0.1, -0.05) is 50.2 Å². The maximum absolute atomic E-state index is 10.7. The zero-order valence-corrected chi connectivity index (χ0v) is 12.8. The minimum absolute atomic E-state index is 0.0160. The molecule has 3 nitrogen and oxygen atoms in total. The Kier molecular flexibility index (Phi) is 5.74. The Balaban J connectivity index is 2.19. The maximum Gasteiger partial charge on any atom is 0.0945 e. The molecule has 2 aromatic carbocycles. The van der Waals surface area contributed by atoms with Crippen LogP contribution in [0.25, 0.3) is 10.8 Å². The molecule has 0 radical (unpaired) electrons. The molecule has 2 rings (SSSR count). The number of aliphatic hydroxyl groups excluding tert-OH is 2. The van der Waals surface area contributed by atoms with Gasteiger partial charge in [-0.15, -0.1) is 0 Å². The highest BCUT2D eigenvalue weighted by Gasteiger charge is 2.23. The Morgan fingerprint density at radius 3 is 2.43 bits per heavy atom. The van der Waals surface area contributed by atoms with Crippen LogP contribution in [-0.2, 0) is 0 Å². The standard InChI is InChI=1S/C18H25NO2/c1-13(2)17(19-10-5-11-20)18(21)16-9-8-14-6-3-4-7-15(14)12-16/h3-4,6-9,12-13,17-21H,5,10-11H2,1-2H3. The van der Waals surface area contributed by atoms with Crippen LogP contribution in [0.15, 0.2) is 42.5 Å². The number of hydrogen-bond acceptors (Lipinski definition) is 3. The quantitative estimate of drug-likeness (QED) is 0.686. The molecule has 2 aromatic rings. The SMILES string of the molecule is CC(C)C(NCCCO)C(O)c1ccc2ccccc2c1. The molecule has 0 spiro atoms. The van der Waals surface area contributed by atoms with Gasteiger partial charge in [0.25, 0.3) is 0 Å². The van der Waals surface area contributed by atoms with Crippen molar-refractivity contribution in [2.45, 2.75) is 32.4 Å². The Morgan fingerprint density at radius 1 is 1.05 bits per heavy atom. The van der Waals surface area contributed by atoms with E-state index in [9.17, 15) is 5.11 Å². The molecule has 0 saturated carbocycles. The fraction of sp³-hybridized carbons (Fsp3) is 0.444. The summed E-state index contributed by atoms with van der Waals surface area (Å²) >= 11 is 0. The van der Waals surface area contributed by atoms with Crippen LogP contribution in [0.2, 0.25) is 0 Å². The molecule has 3 N–H and O–H groups in total. The van der Waals surface area contributed by atoms with Crippen molar-refractivity contribution in [1.82, 2.24) is 5.32 Å². The van der Waals surface area contributed by atoms with Gasteiger partial charge in [-0.2, -0.15) is 0 Å². The highest BCUT2D eigenvalue weighted by atomic mass is 16.3. The maximum atomic E-state index is 10.7. The van der Waals surface area contributed by atoms with E-state index < -0.39 is 6.10 Å². The third-order valence-electron chi connectivity index (χ3n) is 3.89. The van der Waals surface area contributed by atoms with E-state index in [1.165, 1.54) is 5.39 Å². The summed E-state index contributed by atoms with van der Waals surface area (Å²) in [6.07, 6.45) is 0.154. The zero-order chi connectivity index (χ0) is 15.2. The molecule has 0 aliphatic carbocycles. The van der Waals surface area contributed by atoms with E-state index >= 15 is 0 Å². The lowest BCUT2D eigenvalue weighted by molar-refractivity contribution is 0.104. The van der Waals surface area contributed by atoms with Crippen LogP contribution in [0.5, 0.6) is 0 Å². The van der Waals surface area contributed by atoms with Crippen LogP contribution < -0.4 is 5.32 Å². The molecular formula is C18H25NO2. The highest BCUT2D eigenvalue weighted by Crippen LogP contribution is 2.25. The van der Waals surface area contributed by atoms with Crippen molar-refractivity contribution in [2.75, 3.05) is 13.2 Å². The van der Waals surface area contributed by atoms with E-state index in [1.54, 1.807) is 0 Å². The Labute approximate surface area is 126 Å². The predicted molar refractivity (Wildman–Crippen MR) is 87.2 cm³/mol. The number of fused-ring (bicyclic) bond motifs is 1. The average molecular weight is 287 g/mol. The Morgan fingerprint density at radius 2 is 1.76 bits per heavy atom. The molecule has 2 atom stereocenters. The van der Waals surface area contributed by atoms with Gasteiger partial charge < -0.3 is 15.5 Å². The van der Waals surface area contributed by atoms with Gasteiger partial charge >= 0.3 is 0 Å². The van der Waals surface area contributed by atoms with Crippen molar-refractivity contribution in [3.8, 4) is 0 Å².